The largest absolute Gasteiger partial charge is 0.265 e. The van der Waals surface area contributed by atoms with E-state index in [1.165, 1.54) is 29.8 Å². The van der Waals surface area contributed by atoms with Crippen LogP contribution in [0.3, 0.4) is 0 Å². The van der Waals surface area contributed by atoms with E-state index in [1.54, 1.807) is 0 Å². The summed E-state index contributed by atoms with van der Waals surface area (Å²) in [4.78, 5) is 7.69. The highest BCUT2D eigenvalue weighted by Crippen LogP contribution is 2.35. The Hall–Kier alpha value is -0.220. The third-order valence-electron chi connectivity index (χ3n) is 1.76. The fourth-order valence-corrected chi connectivity index (χ4v) is 6.04. The maximum atomic E-state index is 12.1. The van der Waals surface area contributed by atoms with E-state index in [-0.39, 0.29) is 15.9 Å². The van der Waals surface area contributed by atoms with Crippen molar-refractivity contribution in [3.05, 3.63) is 31.2 Å². The Bertz CT molecular complexity index is 689. The number of hydrogen-bond donors (Lipinski definition) is 1. The minimum Gasteiger partial charge on any atom is -0.262 e. The topological polar surface area (TPSA) is 72.0 Å². The lowest BCUT2D eigenvalue weighted by molar-refractivity contribution is 0.601. The van der Waals surface area contributed by atoms with E-state index >= 15 is 0 Å². The second-order valence-corrected chi connectivity index (χ2v) is 8.81. The molecule has 0 unspecified atom stereocenters. The van der Waals surface area contributed by atoms with Crippen LogP contribution in [0.15, 0.2) is 30.9 Å². The molecule has 2 aromatic heterocycles. The van der Waals surface area contributed by atoms with Gasteiger partial charge in [0.2, 0.25) is 0 Å². The molecule has 0 spiro atoms. The second kappa shape index (κ2) is 5.41. The third kappa shape index (κ3) is 3.21. The van der Waals surface area contributed by atoms with Gasteiger partial charge in [-0.3, -0.25) is 9.71 Å². The standard InChI is InChI=1S/C8H4Br2ClN3O2S2/c9-5-1-4(8(10)17-5)18(15,16)14-7-3-12-2-6(11)13-7/h1-3H,(H,13,14). The van der Waals surface area contributed by atoms with Crippen LogP contribution < -0.4 is 4.72 Å². The number of anilines is 1. The molecule has 0 aliphatic carbocycles. The lowest BCUT2D eigenvalue weighted by atomic mass is 10.7. The van der Waals surface area contributed by atoms with E-state index in [9.17, 15) is 8.42 Å². The normalized spacial score (nSPS) is 11.5. The summed E-state index contributed by atoms with van der Waals surface area (Å²) in [7, 11) is -3.72. The van der Waals surface area contributed by atoms with Crippen molar-refractivity contribution in [3.63, 3.8) is 0 Å². The number of thiophene rings is 1. The molecule has 0 fully saturated rings. The first kappa shape index (κ1) is 14.2. The maximum absolute atomic E-state index is 12.1. The van der Waals surface area contributed by atoms with Gasteiger partial charge in [0.05, 0.1) is 20.0 Å². The van der Waals surface area contributed by atoms with Crippen LogP contribution in [0.2, 0.25) is 5.15 Å². The molecule has 0 aliphatic rings. The highest BCUT2D eigenvalue weighted by Gasteiger charge is 2.21. The van der Waals surface area contributed by atoms with Crippen LogP contribution in [-0.2, 0) is 10.0 Å². The fourth-order valence-electron chi connectivity index (χ4n) is 1.09. The van der Waals surface area contributed by atoms with Crippen molar-refractivity contribution in [1.82, 2.24) is 9.97 Å². The first-order chi connectivity index (χ1) is 8.38. The van der Waals surface area contributed by atoms with Crippen LogP contribution >= 0.6 is 54.8 Å². The molecule has 5 nitrogen and oxygen atoms in total. The quantitative estimate of drug-likeness (QED) is 0.804. The van der Waals surface area contributed by atoms with Gasteiger partial charge in [-0.05, 0) is 37.9 Å². The van der Waals surface area contributed by atoms with Gasteiger partial charge >= 0.3 is 0 Å². The molecule has 1 N–H and O–H groups in total. The average molecular weight is 434 g/mol. The molecule has 0 aliphatic heterocycles. The summed E-state index contributed by atoms with van der Waals surface area (Å²) in [6.45, 7) is 0. The van der Waals surface area contributed by atoms with Crippen LogP contribution in [-0.4, -0.2) is 18.4 Å². The number of rotatable bonds is 3. The number of hydrogen-bond acceptors (Lipinski definition) is 5. The number of sulfonamides is 1. The van der Waals surface area contributed by atoms with Gasteiger partial charge < -0.3 is 0 Å². The predicted molar refractivity (Wildman–Crippen MR) is 77.6 cm³/mol. The van der Waals surface area contributed by atoms with E-state index in [1.807, 2.05) is 0 Å². The van der Waals surface area contributed by atoms with Crippen LogP contribution in [0.25, 0.3) is 0 Å². The Balaban J connectivity index is 2.36. The summed E-state index contributed by atoms with van der Waals surface area (Å²) in [6.07, 6.45) is 2.59. The molecule has 0 atom stereocenters. The zero-order valence-electron chi connectivity index (χ0n) is 8.39. The number of aromatic nitrogens is 2. The van der Waals surface area contributed by atoms with Crippen LogP contribution in [0, 0.1) is 0 Å². The molecular formula is C8H4Br2ClN3O2S2. The van der Waals surface area contributed by atoms with Crippen LogP contribution in [0.4, 0.5) is 5.82 Å². The van der Waals surface area contributed by atoms with Crippen molar-refractivity contribution in [3.8, 4) is 0 Å². The van der Waals surface area contributed by atoms with Gasteiger partial charge in [0, 0.05) is 0 Å². The molecular weight excluding hydrogens is 430 g/mol. The molecule has 0 radical (unpaired) electrons. The van der Waals surface area contributed by atoms with E-state index < -0.39 is 10.0 Å². The minimum absolute atomic E-state index is 0.0664. The van der Waals surface area contributed by atoms with Gasteiger partial charge in [-0.2, -0.15) is 0 Å². The second-order valence-electron chi connectivity index (χ2n) is 3.02. The number of nitrogens with one attached hydrogen (secondary N) is 1. The number of nitrogens with zero attached hydrogens (tertiary/aromatic N) is 2. The Morgan fingerprint density at radius 1 is 1.33 bits per heavy atom. The molecule has 18 heavy (non-hydrogen) atoms. The lowest BCUT2D eigenvalue weighted by Gasteiger charge is -2.05. The first-order valence-corrected chi connectivity index (χ1v) is 8.60. The highest BCUT2D eigenvalue weighted by molar-refractivity contribution is 9.12. The molecule has 0 bridgehead atoms. The van der Waals surface area contributed by atoms with Crippen molar-refractivity contribution in [2.75, 3.05) is 4.72 Å². The van der Waals surface area contributed by atoms with E-state index in [2.05, 4.69) is 46.5 Å². The third-order valence-corrected chi connectivity index (χ3v) is 6.05. The molecule has 10 heteroatoms. The van der Waals surface area contributed by atoms with Crippen molar-refractivity contribution in [2.24, 2.45) is 0 Å². The molecule has 2 heterocycles. The summed E-state index contributed by atoms with van der Waals surface area (Å²) in [5.74, 6) is 0.0664. The summed E-state index contributed by atoms with van der Waals surface area (Å²) >= 11 is 13.3. The monoisotopic (exact) mass is 431 g/mol. The van der Waals surface area contributed by atoms with Crippen molar-refractivity contribution in [2.45, 2.75) is 4.90 Å². The van der Waals surface area contributed by atoms with Gasteiger partial charge in [-0.15, -0.1) is 11.3 Å². The smallest absolute Gasteiger partial charge is 0.262 e. The molecule has 2 rings (SSSR count). The molecule has 0 saturated carbocycles. The maximum Gasteiger partial charge on any atom is 0.265 e. The Kier molecular flexibility index (Phi) is 4.27. The van der Waals surface area contributed by atoms with E-state index in [0.717, 1.165) is 0 Å². The van der Waals surface area contributed by atoms with Crippen molar-refractivity contribution in [1.29, 1.82) is 0 Å². The highest BCUT2D eigenvalue weighted by atomic mass is 79.9. The molecule has 0 saturated heterocycles. The summed E-state index contributed by atoms with van der Waals surface area (Å²) in [5, 5.41) is 0.112. The summed E-state index contributed by atoms with van der Waals surface area (Å²) in [5.41, 5.74) is 0. The average Bonchev–Trinajstić information content (AvgIpc) is 2.58. The Morgan fingerprint density at radius 3 is 2.61 bits per heavy atom. The minimum atomic E-state index is -3.72. The van der Waals surface area contributed by atoms with Crippen molar-refractivity contribution < 1.29 is 8.42 Å². The molecule has 0 amide bonds. The fraction of sp³-hybridized carbons (Fsp3) is 0. The Morgan fingerprint density at radius 2 is 2.06 bits per heavy atom. The van der Waals surface area contributed by atoms with Gasteiger partial charge in [0.1, 0.15) is 10.0 Å². The van der Waals surface area contributed by atoms with Gasteiger partial charge in [-0.25, -0.2) is 13.4 Å². The van der Waals surface area contributed by atoms with Gasteiger partial charge in [0.25, 0.3) is 10.0 Å². The lowest BCUT2D eigenvalue weighted by Crippen LogP contribution is -2.13. The predicted octanol–water partition coefficient (Wildman–Crippen LogP) is 3.52. The van der Waals surface area contributed by atoms with Crippen LogP contribution in [0.5, 0.6) is 0 Å². The summed E-state index contributed by atoms with van der Waals surface area (Å²) < 4.78 is 27.7. The first-order valence-electron chi connectivity index (χ1n) is 4.34. The zero-order chi connectivity index (χ0) is 13.3. The molecule has 2 aromatic rings. The zero-order valence-corrected chi connectivity index (χ0v) is 14.0. The van der Waals surface area contributed by atoms with Crippen molar-refractivity contribution >= 4 is 70.6 Å². The summed E-state index contributed by atoms with van der Waals surface area (Å²) in [6, 6.07) is 1.50. The van der Waals surface area contributed by atoms with E-state index in [4.69, 9.17) is 11.6 Å². The molecule has 96 valence electrons. The van der Waals surface area contributed by atoms with Crippen LogP contribution in [0.1, 0.15) is 0 Å². The Labute approximate surface area is 129 Å². The van der Waals surface area contributed by atoms with Gasteiger partial charge in [0.15, 0.2) is 5.82 Å². The van der Waals surface area contributed by atoms with E-state index in [0.29, 0.717) is 7.57 Å². The SMILES string of the molecule is O=S(=O)(Nc1cncc(Cl)n1)c1cc(Br)sc1Br. The number of halogens is 3. The van der Waals surface area contributed by atoms with Gasteiger partial charge in [-0.1, -0.05) is 11.6 Å². The molecule has 0 aromatic carbocycles.